The third-order valence-corrected chi connectivity index (χ3v) is 7.72. The number of carbonyl (C=O) groups excluding carboxylic acids is 1. The van der Waals surface area contributed by atoms with Crippen LogP contribution >= 0.6 is 11.8 Å². The van der Waals surface area contributed by atoms with Crippen molar-refractivity contribution in [1.29, 1.82) is 0 Å². The molecule has 14 heteroatoms. The second-order valence-corrected chi connectivity index (χ2v) is 10.6. The summed E-state index contributed by atoms with van der Waals surface area (Å²) in [4.78, 5) is 16.6. The quantitative estimate of drug-likeness (QED) is 0.594. The summed E-state index contributed by atoms with van der Waals surface area (Å²) in [7, 11) is -3.16. The highest BCUT2D eigenvalue weighted by Gasteiger charge is 2.60. The Balaban J connectivity index is 2.02. The van der Waals surface area contributed by atoms with E-state index in [1.165, 1.54) is 6.07 Å². The zero-order valence-electron chi connectivity index (χ0n) is 17.1. The third kappa shape index (κ3) is 4.92. The van der Waals surface area contributed by atoms with Crippen molar-refractivity contribution >= 4 is 33.4 Å². The number of benzene rings is 1. The van der Waals surface area contributed by atoms with Gasteiger partial charge in [0.15, 0.2) is 16.6 Å². The van der Waals surface area contributed by atoms with Gasteiger partial charge in [-0.05, 0) is 25.5 Å². The van der Waals surface area contributed by atoms with Crippen molar-refractivity contribution in [1.82, 2.24) is 4.98 Å². The highest BCUT2D eigenvalue weighted by molar-refractivity contribution is 8.02. The number of pyridine rings is 1. The first-order valence-electron chi connectivity index (χ1n) is 9.24. The number of nitrogens with two attached hydrogens (primary N) is 1. The molecule has 0 saturated carbocycles. The van der Waals surface area contributed by atoms with Crippen molar-refractivity contribution in [2.45, 2.75) is 40.5 Å². The zero-order chi connectivity index (χ0) is 24.8. The Morgan fingerprint density at radius 3 is 2.55 bits per heavy atom. The number of sulfonamides is 1. The number of ether oxygens (including phenoxy) is 1. The first-order chi connectivity index (χ1) is 15.2. The molecule has 1 saturated heterocycles. The summed E-state index contributed by atoms with van der Waals surface area (Å²) in [6.45, 7) is 0.913. The summed E-state index contributed by atoms with van der Waals surface area (Å²) < 4.78 is 94.8. The molecule has 3 atom stereocenters. The summed E-state index contributed by atoms with van der Waals surface area (Å²) in [6.07, 6.45) is -4.28. The van der Waals surface area contributed by atoms with Crippen LogP contribution < -0.4 is 15.2 Å². The number of methoxy groups -OCH3 is 1. The Morgan fingerprint density at radius 1 is 1.30 bits per heavy atom. The maximum atomic E-state index is 14.3. The number of thioether (sulfide) groups is 1. The first kappa shape index (κ1) is 25.2. The summed E-state index contributed by atoms with van der Waals surface area (Å²) in [6, 6.07) is 4.00. The van der Waals surface area contributed by atoms with Crippen molar-refractivity contribution in [2.75, 3.05) is 12.4 Å². The van der Waals surface area contributed by atoms with Gasteiger partial charge in [-0.1, -0.05) is 6.07 Å². The fourth-order valence-corrected chi connectivity index (χ4v) is 5.57. The van der Waals surface area contributed by atoms with Gasteiger partial charge in [0, 0.05) is 29.4 Å². The molecule has 0 aliphatic carbocycles. The molecule has 0 radical (unpaired) electrons. The van der Waals surface area contributed by atoms with Crippen LogP contribution in [0.25, 0.3) is 0 Å². The number of amides is 1. The summed E-state index contributed by atoms with van der Waals surface area (Å²) in [5.41, 5.74) is -0.173. The number of carbonyl (C=O) groups is 1. The van der Waals surface area contributed by atoms with Gasteiger partial charge in [-0.15, -0.1) is 11.8 Å². The Morgan fingerprint density at radius 2 is 1.97 bits per heavy atom. The van der Waals surface area contributed by atoms with Crippen molar-refractivity contribution in [3.05, 3.63) is 47.7 Å². The molecule has 2 heterocycles. The van der Waals surface area contributed by atoms with Gasteiger partial charge in [0.25, 0.3) is 10.0 Å². The molecule has 180 valence electrons. The number of nitrogens with one attached hydrogen (secondary N) is 1. The van der Waals surface area contributed by atoms with Gasteiger partial charge in [-0.2, -0.15) is 17.6 Å². The number of anilines is 1. The van der Waals surface area contributed by atoms with Crippen LogP contribution in [0.1, 0.15) is 24.8 Å². The Bertz CT molecular complexity index is 1190. The molecule has 0 bridgehead atoms. The number of primary sulfonamides is 1. The third-order valence-electron chi connectivity index (χ3n) is 5.20. The van der Waals surface area contributed by atoms with E-state index in [4.69, 9.17) is 9.88 Å². The van der Waals surface area contributed by atoms with Gasteiger partial charge in [-0.3, -0.25) is 4.79 Å². The normalized spacial score (nSPS) is 23.4. The van der Waals surface area contributed by atoms with Gasteiger partial charge in [0.05, 0.1) is 12.4 Å². The highest BCUT2D eigenvalue weighted by atomic mass is 32.2. The van der Waals surface area contributed by atoms with Crippen LogP contribution in [-0.4, -0.2) is 42.6 Å². The molecule has 1 aromatic carbocycles. The molecule has 33 heavy (non-hydrogen) atoms. The minimum Gasteiger partial charge on any atom is -0.493 e. The minimum absolute atomic E-state index is 0.0729. The molecule has 1 fully saturated rings. The number of hydrogen-bond acceptors (Lipinski definition) is 6. The molecule has 1 amide bonds. The zero-order valence-corrected chi connectivity index (χ0v) is 18.7. The molecular formula is C19H18F5N3O4S2. The van der Waals surface area contributed by atoms with Crippen molar-refractivity contribution < 1.29 is 39.9 Å². The summed E-state index contributed by atoms with van der Waals surface area (Å²) in [5, 5.41) is 5.40. The lowest BCUT2D eigenvalue weighted by atomic mass is 9.85. The van der Waals surface area contributed by atoms with E-state index in [9.17, 15) is 35.2 Å². The van der Waals surface area contributed by atoms with E-state index < -0.39 is 66.9 Å². The highest BCUT2D eigenvalue weighted by Crippen LogP contribution is 2.59. The van der Waals surface area contributed by atoms with E-state index in [0.717, 1.165) is 38.4 Å². The van der Waals surface area contributed by atoms with Crippen LogP contribution in [0.2, 0.25) is 0 Å². The van der Waals surface area contributed by atoms with E-state index in [0.29, 0.717) is 11.8 Å². The molecule has 1 aliphatic rings. The van der Waals surface area contributed by atoms with E-state index in [2.05, 4.69) is 10.3 Å². The van der Waals surface area contributed by atoms with Crippen molar-refractivity contribution in [3.8, 4) is 5.75 Å². The van der Waals surface area contributed by atoms with E-state index in [1.807, 2.05) is 0 Å². The average Bonchev–Trinajstić information content (AvgIpc) is 3.08. The smallest absolute Gasteiger partial charge is 0.403 e. The van der Waals surface area contributed by atoms with Crippen LogP contribution in [0.4, 0.5) is 27.6 Å². The maximum Gasteiger partial charge on any atom is 0.403 e. The van der Waals surface area contributed by atoms with Crippen LogP contribution in [0.5, 0.6) is 5.75 Å². The lowest BCUT2D eigenvalue weighted by Gasteiger charge is -2.26. The van der Waals surface area contributed by atoms with Gasteiger partial charge in [0.1, 0.15) is 4.75 Å². The Labute approximate surface area is 189 Å². The van der Waals surface area contributed by atoms with Gasteiger partial charge in [-0.25, -0.2) is 22.9 Å². The minimum atomic E-state index is -4.71. The number of aromatic nitrogens is 1. The monoisotopic (exact) mass is 511 g/mol. The largest absolute Gasteiger partial charge is 0.493 e. The molecule has 3 N–H and O–H groups in total. The van der Waals surface area contributed by atoms with Gasteiger partial charge in [0.2, 0.25) is 11.7 Å². The topological polar surface area (TPSA) is 111 Å². The molecule has 3 rings (SSSR count). The summed E-state index contributed by atoms with van der Waals surface area (Å²) >= 11 is 0.322. The second kappa shape index (κ2) is 8.72. The molecule has 7 nitrogen and oxygen atoms in total. The van der Waals surface area contributed by atoms with Crippen molar-refractivity contribution in [3.63, 3.8) is 0 Å². The predicted octanol–water partition coefficient (Wildman–Crippen LogP) is 3.56. The molecule has 1 aromatic heterocycles. The Kier molecular flexibility index (Phi) is 6.65. The van der Waals surface area contributed by atoms with Crippen LogP contribution in [0, 0.1) is 11.6 Å². The number of halogens is 5. The number of rotatable bonds is 5. The van der Waals surface area contributed by atoms with Crippen molar-refractivity contribution in [2.24, 2.45) is 5.14 Å². The van der Waals surface area contributed by atoms with Crippen LogP contribution in [-0.2, 0) is 14.8 Å². The van der Waals surface area contributed by atoms with Gasteiger partial charge < -0.3 is 10.1 Å². The fraction of sp³-hybridized carbons (Fsp3) is 0.368. The molecule has 1 aliphatic heterocycles. The van der Waals surface area contributed by atoms with E-state index in [-0.39, 0.29) is 11.3 Å². The molecule has 0 unspecified atom stereocenters. The van der Waals surface area contributed by atoms with E-state index in [1.54, 1.807) is 0 Å². The summed E-state index contributed by atoms with van der Waals surface area (Å²) in [5.74, 6) is -5.34. The van der Waals surface area contributed by atoms with E-state index >= 15 is 0 Å². The lowest BCUT2D eigenvalue weighted by molar-refractivity contribution is -0.155. The standard InChI is InChI=1S/C19H18F5N3O4S2/c1-18(19(22,23)24)8-11(10-3-4-12(20)14(21)15(10)31-2)16(32-18)17(28)27-9-5-6-26-13(7-9)33(25,29)30/h3-7,11,16H,8H2,1-2H3,(H2,25,29,30)(H,26,27,28)/t11-,16+,18+/m0/s1. The number of nitrogens with zero attached hydrogens (tertiary/aromatic N) is 1. The average molecular weight is 511 g/mol. The van der Waals surface area contributed by atoms with Gasteiger partial charge >= 0.3 is 6.18 Å². The molecular weight excluding hydrogens is 493 g/mol. The fourth-order valence-electron chi connectivity index (χ4n) is 3.53. The maximum absolute atomic E-state index is 14.3. The number of alkyl halides is 3. The predicted molar refractivity (Wildman–Crippen MR) is 110 cm³/mol. The molecule has 2 aromatic rings. The second-order valence-electron chi connectivity index (χ2n) is 7.48. The van der Waals surface area contributed by atoms with Crippen LogP contribution in [0.15, 0.2) is 35.5 Å². The lowest BCUT2D eigenvalue weighted by Crippen LogP contribution is -2.37. The van der Waals surface area contributed by atoms with Crippen LogP contribution in [0.3, 0.4) is 0 Å². The Hall–Kier alpha value is -2.45. The first-order valence-corrected chi connectivity index (χ1v) is 11.7. The molecule has 0 spiro atoms. The number of hydrogen-bond donors (Lipinski definition) is 2. The SMILES string of the molecule is COc1c([C@@H]2C[C@](C)(C(F)(F)F)S[C@H]2C(=O)Nc2ccnc(S(N)(=O)=O)c2)ccc(F)c1F.